The van der Waals surface area contributed by atoms with Gasteiger partial charge in [-0.05, 0) is 20.1 Å². The maximum atomic E-state index is 3.37. The van der Waals surface area contributed by atoms with E-state index in [1.807, 2.05) is 11.8 Å². The molecule has 0 radical (unpaired) electrons. The van der Waals surface area contributed by atoms with Crippen LogP contribution in [0.3, 0.4) is 0 Å². The molecule has 0 aliphatic heterocycles. The largest absolute Gasteiger partial charge is 0.312 e. The highest BCUT2D eigenvalue weighted by atomic mass is 32.2. The van der Waals surface area contributed by atoms with E-state index in [4.69, 9.17) is 0 Å². The average Bonchev–Trinajstić information content (AvgIpc) is 1.97. The van der Waals surface area contributed by atoms with Gasteiger partial charge in [0, 0.05) is 18.3 Å². The van der Waals surface area contributed by atoms with Crippen LogP contribution in [0.15, 0.2) is 11.6 Å². The van der Waals surface area contributed by atoms with Crippen LogP contribution in [-0.2, 0) is 0 Å². The molecule has 0 aromatic rings. The van der Waals surface area contributed by atoms with E-state index < -0.39 is 0 Å². The van der Waals surface area contributed by atoms with E-state index in [1.165, 1.54) is 5.57 Å². The summed E-state index contributed by atoms with van der Waals surface area (Å²) >= 11 is 1.90. The van der Waals surface area contributed by atoms with E-state index in [2.05, 4.69) is 38.4 Å². The van der Waals surface area contributed by atoms with Crippen LogP contribution in [0.4, 0.5) is 0 Å². The quantitative estimate of drug-likeness (QED) is 0.506. The number of thioether (sulfide) groups is 1. The van der Waals surface area contributed by atoms with E-state index in [0.717, 1.165) is 18.3 Å². The molecule has 0 aliphatic carbocycles. The molecule has 0 rings (SSSR count). The van der Waals surface area contributed by atoms with Gasteiger partial charge >= 0.3 is 0 Å². The highest BCUT2D eigenvalue weighted by Gasteiger charge is 1.95. The molecule has 0 amide bonds. The summed E-state index contributed by atoms with van der Waals surface area (Å²) in [5.74, 6) is 0. The van der Waals surface area contributed by atoms with Crippen molar-refractivity contribution in [3.8, 4) is 0 Å². The monoisotopic (exact) mass is 173 g/mol. The van der Waals surface area contributed by atoms with Crippen molar-refractivity contribution in [3.63, 3.8) is 0 Å². The molecule has 0 saturated heterocycles. The molecule has 11 heavy (non-hydrogen) atoms. The fraction of sp³-hybridized carbons (Fsp3) is 0.778. The van der Waals surface area contributed by atoms with Gasteiger partial charge in [-0.15, -0.1) is 0 Å². The Hall–Kier alpha value is 0.0500. The van der Waals surface area contributed by atoms with Crippen molar-refractivity contribution in [3.05, 3.63) is 11.6 Å². The summed E-state index contributed by atoms with van der Waals surface area (Å²) in [5, 5.41) is 4.09. The number of allylic oxidation sites excluding steroid dienone is 1. The Morgan fingerprint density at radius 3 is 2.64 bits per heavy atom. The molecule has 0 saturated carbocycles. The molecule has 0 aromatic heterocycles. The minimum Gasteiger partial charge on any atom is -0.312 e. The number of hydrogen-bond donors (Lipinski definition) is 1. The zero-order chi connectivity index (χ0) is 8.69. The first kappa shape index (κ1) is 11.1. The third kappa shape index (κ3) is 7.95. The van der Waals surface area contributed by atoms with Crippen molar-refractivity contribution in [2.45, 2.75) is 26.0 Å². The maximum absolute atomic E-state index is 3.37. The van der Waals surface area contributed by atoms with Crippen LogP contribution < -0.4 is 5.32 Å². The predicted octanol–water partition coefficient (Wildman–Crippen LogP) is 2.29. The lowest BCUT2D eigenvalue weighted by Gasteiger charge is -2.07. The van der Waals surface area contributed by atoms with Crippen molar-refractivity contribution >= 4 is 11.8 Å². The number of rotatable bonds is 5. The van der Waals surface area contributed by atoms with E-state index in [1.54, 1.807) is 0 Å². The lowest BCUT2D eigenvalue weighted by atomic mass is 10.3. The Bertz CT molecular complexity index is 117. The van der Waals surface area contributed by atoms with Crippen LogP contribution in [0.2, 0.25) is 0 Å². The standard InChI is InChI=1S/C9H19NS/c1-8(2)5-6-10-7-9(3)11-4/h5,9-10H,6-7H2,1-4H3. The van der Waals surface area contributed by atoms with Crippen LogP contribution in [0.25, 0.3) is 0 Å². The number of hydrogen-bond acceptors (Lipinski definition) is 2. The first-order valence-electron chi connectivity index (χ1n) is 4.03. The molecule has 0 bridgehead atoms. The molecule has 1 nitrogen and oxygen atoms in total. The highest BCUT2D eigenvalue weighted by molar-refractivity contribution is 7.99. The lowest BCUT2D eigenvalue weighted by Crippen LogP contribution is -2.22. The molecular formula is C9H19NS. The predicted molar refractivity (Wildman–Crippen MR) is 55.3 cm³/mol. The van der Waals surface area contributed by atoms with Crippen LogP contribution in [0.1, 0.15) is 20.8 Å². The Morgan fingerprint density at radius 1 is 1.55 bits per heavy atom. The molecule has 0 aliphatic rings. The van der Waals surface area contributed by atoms with Crippen molar-refractivity contribution in [1.82, 2.24) is 5.32 Å². The summed E-state index contributed by atoms with van der Waals surface area (Å²) < 4.78 is 0. The summed E-state index contributed by atoms with van der Waals surface area (Å²) in [7, 11) is 0. The smallest absolute Gasteiger partial charge is 0.0141 e. The highest BCUT2D eigenvalue weighted by Crippen LogP contribution is 2.01. The third-order valence-electron chi connectivity index (χ3n) is 1.49. The fourth-order valence-corrected chi connectivity index (χ4v) is 0.931. The van der Waals surface area contributed by atoms with Crippen LogP contribution in [0, 0.1) is 0 Å². The normalized spacial score (nSPS) is 12.7. The van der Waals surface area contributed by atoms with E-state index in [9.17, 15) is 0 Å². The minimum atomic E-state index is 0.723. The van der Waals surface area contributed by atoms with Crippen molar-refractivity contribution in [2.24, 2.45) is 0 Å². The van der Waals surface area contributed by atoms with Gasteiger partial charge < -0.3 is 5.32 Å². The van der Waals surface area contributed by atoms with E-state index in [0.29, 0.717) is 0 Å². The first-order valence-corrected chi connectivity index (χ1v) is 5.32. The zero-order valence-corrected chi connectivity index (χ0v) is 8.79. The molecule has 0 fully saturated rings. The van der Waals surface area contributed by atoms with Gasteiger partial charge in [-0.2, -0.15) is 11.8 Å². The molecule has 0 heterocycles. The van der Waals surface area contributed by atoms with Gasteiger partial charge in [0.25, 0.3) is 0 Å². The molecule has 1 atom stereocenters. The van der Waals surface area contributed by atoms with Crippen molar-refractivity contribution in [1.29, 1.82) is 0 Å². The van der Waals surface area contributed by atoms with Crippen LogP contribution >= 0.6 is 11.8 Å². The van der Waals surface area contributed by atoms with E-state index >= 15 is 0 Å². The molecule has 0 aromatic carbocycles. The number of nitrogens with one attached hydrogen (secondary N) is 1. The molecule has 2 heteroatoms. The molecule has 1 unspecified atom stereocenters. The van der Waals surface area contributed by atoms with Gasteiger partial charge in [-0.1, -0.05) is 18.6 Å². The van der Waals surface area contributed by atoms with Crippen LogP contribution in [0.5, 0.6) is 0 Å². The van der Waals surface area contributed by atoms with Gasteiger partial charge in [-0.3, -0.25) is 0 Å². The molecule has 66 valence electrons. The average molecular weight is 173 g/mol. The molecule has 0 spiro atoms. The lowest BCUT2D eigenvalue weighted by molar-refractivity contribution is 0.738. The fourth-order valence-electron chi connectivity index (χ4n) is 0.646. The molecular weight excluding hydrogens is 154 g/mol. The Kier molecular flexibility index (Phi) is 6.77. The summed E-state index contributed by atoms with van der Waals surface area (Å²) in [6.45, 7) is 8.59. The third-order valence-corrected chi connectivity index (χ3v) is 2.46. The van der Waals surface area contributed by atoms with Crippen molar-refractivity contribution < 1.29 is 0 Å². The summed E-state index contributed by atoms with van der Waals surface area (Å²) in [6.07, 6.45) is 4.36. The SMILES string of the molecule is CSC(C)CNCC=C(C)C. The van der Waals surface area contributed by atoms with Gasteiger partial charge in [0.1, 0.15) is 0 Å². The zero-order valence-electron chi connectivity index (χ0n) is 7.98. The molecule has 1 N–H and O–H groups in total. The second-order valence-electron chi connectivity index (χ2n) is 2.99. The topological polar surface area (TPSA) is 12.0 Å². The summed E-state index contributed by atoms with van der Waals surface area (Å²) in [6, 6.07) is 0. The maximum Gasteiger partial charge on any atom is 0.0141 e. The van der Waals surface area contributed by atoms with Crippen molar-refractivity contribution in [2.75, 3.05) is 19.3 Å². The van der Waals surface area contributed by atoms with Crippen LogP contribution in [-0.4, -0.2) is 24.6 Å². The minimum absolute atomic E-state index is 0.723. The Morgan fingerprint density at radius 2 is 2.18 bits per heavy atom. The van der Waals surface area contributed by atoms with E-state index in [-0.39, 0.29) is 0 Å². The Balaban J connectivity index is 3.21. The summed E-state index contributed by atoms with van der Waals surface area (Å²) in [4.78, 5) is 0. The van der Waals surface area contributed by atoms with Gasteiger partial charge in [0.05, 0.1) is 0 Å². The van der Waals surface area contributed by atoms with Gasteiger partial charge in [0.2, 0.25) is 0 Å². The second kappa shape index (κ2) is 6.74. The van der Waals surface area contributed by atoms with Gasteiger partial charge in [0.15, 0.2) is 0 Å². The first-order chi connectivity index (χ1) is 5.16. The Labute approximate surface area is 74.6 Å². The van der Waals surface area contributed by atoms with Gasteiger partial charge in [-0.25, -0.2) is 0 Å². The summed E-state index contributed by atoms with van der Waals surface area (Å²) in [5.41, 5.74) is 1.38. The second-order valence-corrected chi connectivity index (χ2v) is 4.26.